The summed E-state index contributed by atoms with van der Waals surface area (Å²) in [5.41, 5.74) is -0.272. The van der Waals surface area contributed by atoms with Gasteiger partial charge < -0.3 is 9.80 Å². The van der Waals surface area contributed by atoms with Crippen molar-refractivity contribution in [3.05, 3.63) is 0 Å². The monoisotopic (exact) mass is 238 g/mol. The Morgan fingerprint density at radius 3 is 2.59 bits per heavy atom. The lowest BCUT2D eigenvalue weighted by Gasteiger charge is -2.27. The van der Waals surface area contributed by atoms with Gasteiger partial charge in [-0.05, 0) is 47.0 Å². The summed E-state index contributed by atoms with van der Waals surface area (Å²) in [6, 6.07) is 3.03. The van der Waals surface area contributed by atoms with Gasteiger partial charge in [-0.1, -0.05) is 6.92 Å². The normalized spacial score (nSPS) is 28.9. The zero-order valence-electron chi connectivity index (χ0n) is 11.7. The van der Waals surface area contributed by atoms with E-state index in [4.69, 9.17) is 0 Å². The molecule has 1 aliphatic carbocycles. The van der Waals surface area contributed by atoms with Gasteiger partial charge in [0.15, 0.2) is 0 Å². The molecule has 0 saturated heterocycles. The number of likely N-dealkylation sites (N-methyl/N-ethyl adjacent to an activating group) is 2. The van der Waals surface area contributed by atoms with Crippen molar-refractivity contribution in [2.75, 3.05) is 40.8 Å². The van der Waals surface area contributed by atoms with Gasteiger partial charge in [0, 0.05) is 19.1 Å². The van der Waals surface area contributed by atoms with Crippen LogP contribution in [0.15, 0.2) is 0 Å². The number of nitrogens with one attached hydrogen (secondary N) is 1. The summed E-state index contributed by atoms with van der Waals surface area (Å²) in [4.78, 5) is 4.60. The van der Waals surface area contributed by atoms with Crippen LogP contribution in [0.4, 0.5) is 0 Å². The molecule has 2 unspecified atom stereocenters. The average molecular weight is 238 g/mol. The highest BCUT2D eigenvalue weighted by atomic mass is 15.2. The molecule has 98 valence electrons. The maximum absolute atomic E-state index is 9.33. The SMILES string of the molecule is CCNC1(C#N)CCC(N(C)CCN(C)C)C1. The molecule has 0 aliphatic heterocycles. The molecule has 0 spiro atoms. The van der Waals surface area contributed by atoms with Crippen molar-refractivity contribution in [2.45, 2.75) is 37.8 Å². The molecule has 0 aromatic carbocycles. The van der Waals surface area contributed by atoms with Crippen LogP contribution in [0.3, 0.4) is 0 Å². The number of nitriles is 1. The second-order valence-electron chi connectivity index (χ2n) is 5.40. The van der Waals surface area contributed by atoms with Gasteiger partial charge in [0.05, 0.1) is 6.07 Å². The number of hydrogen-bond acceptors (Lipinski definition) is 4. The first-order chi connectivity index (χ1) is 8.03. The third kappa shape index (κ3) is 3.95. The molecule has 0 aromatic rings. The Kier molecular flexibility index (Phi) is 5.38. The van der Waals surface area contributed by atoms with Crippen LogP contribution in [-0.4, -0.2) is 62.2 Å². The summed E-state index contributed by atoms with van der Waals surface area (Å²) in [6.07, 6.45) is 3.07. The summed E-state index contributed by atoms with van der Waals surface area (Å²) in [6.45, 7) is 5.10. The first-order valence-electron chi connectivity index (χ1n) is 6.54. The van der Waals surface area contributed by atoms with Crippen LogP contribution in [0.5, 0.6) is 0 Å². The molecule has 1 fully saturated rings. The van der Waals surface area contributed by atoms with E-state index in [2.05, 4.69) is 49.3 Å². The van der Waals surface area contributed by atoms with Gasteiger partial charge in [-0.25, -0.2) is 0 Å². The smallest absolute Gasteiger partial charge is 0.108 e. The van der Waals surface area contributed by atoms with E-state index < -0.39 is 0 Å². The average Bonchev–Trinajstić information content (AvgIpc) is 2.71. The van der Waals surface area contributed by atoms with Gasteiger partial charge in [-0.3, -0.25) is 5.32 Å². The number of rotatable bonds is 6. The van der Waals surface area contributed by atoms with Crippen LogP contribution in [0, 0.1) is 11.3 Å². The molecule has 1 aliphatic rings. The molecule has 0 aromatic heterocycles. The van der Waals surface area contributed by atoms with E-state index in [0.29, 0.717) is 6.04 Å². The van der Waals surface area contributed by atoms with Gasteiger partial charge >= 0.3 is 0 Å². The largest absolute Gasteiger partial charge is 0.308 e. The van der Waals surface area contributed by atoms with E-state index in [1.54, 1.807) is 0 Å². The van der Waals surface area contributed by atoms with Crippen LogP contribution in [0.25, 0.3) is 0 Å². The Bertz CT molecular complexity index is 271. The third-order valence-corrected chi connectivity index (χ3v) is 3.74. The molecule has 1 rings (SSSR count). The van der Waals surface area contributed by atoms with Crippen molar-refractivity contribution in [1.82, 2.24) is 15.1 Å². The summed E-state index contributed by atoms with van der Waals surface area (Å²) in [5.74, 6) is 0. The van der Waals surface area contributed by atoms with E-state index in [1.165, 1.54) is 0 Å². The van der Waals surface area contributed by atoms with E-state index in [9.17, 15) is 5.26 Å². The van der Waals surface area contributed by atoms with Crippen molar-refractivity contribution < 1.29 is 0 Å². The lowest BCUT2D eigenvalue weighted by Crippen LogP contribution is -2.44. The minimum atomic E-state index is -0.272. The predicted molar refractivity (Wildman–Crippen MR) is 70.8 cm³/mol. The molecule has 0 heterocycles. The first-order valence-corrected chi connectivity index (χ1v) is 6.54. The third-order valence-electron chi connectivity index (χ3n) is 3.74. The van der Waals surface area contributed by atoms with Crippen LogP contribution >= 0.6 is 0 Å². The van der Waals surface area contributed by atoms with Crippen molar-refractivity contribution in [3.8, 4) is 6.07 Å². The van der Waals surface area contributed by atoms with E-state index >= 15 is 0 Å². The second kappa shape index (κ2) is 6.34. The standard InChI is InChI=1S/C13H26N4/c1-5-15-13(11-14)7-6-12(10-13)17(4)9-8-16(2)3/h12,15H,5-10H2,1-4H3. The Hall–Kier alpha value is -0.630. The maximum Gasteiger partial charge on any atom is 0.108 e. The zero-order chi connectivity index (χ0) is 12.9. The predicted octanol–water partition coefficient (Wildman–Crippen LogP) is 0.904. The second-order valence-corrected chi connectivity index (χ2v) is 5.40. The molecule has 0 radical (unpaired) electrons. The lowest BCUT2D eigenvalue weighted by molar-refractivity contribution is 0.213. The maximum atomic E-state index is 9.33. The summed E-state index contributed by atoms with van der Waals surface area (Å²) >= 11 is 0. The molecule has 0 bridgehead atoms. The fourth-order valence-corrected chi connectivity index (χ4v) is 2.58. The molecule has 1 saturated carbocycles. The quantitative estimate of drug-likeness (QED) is 0.747. The molecule has 0 amide bonds. The van der Waals surface area contributed by atoms with Crippen LogP contribution in [0.1, 0.15) is 26.2 Å². The molecule has 17 heavy (non-hydrogen) atoms. The highest BCUT2D eigenvalue weighted by Gasteiger charge is 2.39. The number of nitrogens with zero attached hydrogens (tertiary/aromatic N) is 3. The molecular formula is C13H26N4. The van der Waals surface area contributed by atoms with Crippen molar-refractivity contribution in [3.63, 3.8) is 0 Å². The Labute approximate surface area is 106 Å². The van der Waals surface area contributed by atoms with Gasteiger partial charge in [-0.2, -0.15) is 5.26 Å². The minimum absolute atomic E-state index is 0.272. The molecule has 1 N–H and O–H groups in total. The molecule has 2 atom stereocenters. The summed E-state index contributed by atoms with van der Waals surface area (Å²) in [5, 5.41) is 12.7. The molecule has 4 heteroatoms. The lowest BCUT2D eigenvalue weighted by atomic mass is 9.99. The highest BCUT2D eigenvalue weighted by molar-refractivity contribution is 5.13. The van der Waals surface area contributed by atoms with Crippen molar-refractivity contribution >= 4 is 0 Å². The fraction of sp³-hybridized carbons (Fsp3) is 0.923. The van der Waals surface area contributed by atoms with Crippen LogP contribution < -0.4 is 5.32 Å². The first kappa shape index (κ1) is 14.4. The van der Waals surface area contributed by atoms with Gasteiger partial charge in [-0.15, -0.1) is 0 Å². The van der Waals surface area contributed by atoms with E-state index in [-0.39, 0.29) is 5.54 Å². The Balaban J connectivity index is 2.46. The summed E-state index contributed by atoms with van der Waals surface area (Å²) in [7, 11) is 6.37. The topological polar surface area (TPSA) is 42.3 Å². The van der Waals surface area contributed by atoms with Gasteiger partial charge in [0.25, 0.3) is 0 Å². The van der Waals surface area contributed by atoms with Crippen molar-refractivity contribution in [1.29, 1.82) is 5.26 Å². The number of hydrogen-bond donors (Lipinski definition) is 1. The van der Waals surface area contributed by atoms with E-state index in [1.807, 2.05) is 0 Å². The molecule has 4 nitrogen and oxygen atoms in total. The Morgan fingerprint density at radius 1 is 1.35 bits per heavy atom. The highest BCUT2D eigenvalue weighted by Crippen LogP contribution is 2.32. The van der Waals surface area contributed by atoms with Crippen molar-refractivity contribution in [2.24, 2.45) is 0 Å². The van der Waals surface area contributed by atoms with Gasteiger partial charge in [0.1, 0.15) is 5.54 Å². The summed E-state index contributed by atoms with van der Waals surface area (Å²) < 4.78 is 0. The van der Waals surface area contributed by atoms with E-state index in [0.717, 1.165) is 38.9 Å². The Morgan fingerprint density at radius 2 is 2.06 bits per heavy atom. The van der Waals surface area contributed by atoms with Crippen LogP contribution in [-0.2, 0) is 0 Å². The van der Waals surface area contributed by atoms with Gasteiger partial charge in [0.2, 0.25) is 0 Å². The fourth-order valence-electron chi connectivity index (χ4n) is 2.58. The van der Waals surface area contributed by atoms with Crippen LogP contribution in [0.2, 0.25) is 0 Å². The minimum Gasteiger partial charge on any atom is -0.308 e. The zero-order valence-corrected chi connectivity index (χ0v) is 11.7. The molecular weight excluding hydrogens is 212 g/mol.